The molecule has 2 amide bonds. The molecule has 1 aliphatic rings. The fraction of sp³-hybridized carbons (Fsp3) is 0.517. The molecule has 0 spiro atoms. The number of aromatic nitrogens is 5. The average molecular weight is 549 g/mol. The van der Waals surface area contributed by atoms with Crippen molar-refractivity contribution < 1.29 is 14.3 Å². The lowest BCUT2D eigenvalue weighted by molar-refractivity contribution is 0.0282. The summed E-state index contributed by atoms with van der Waals surface area (Å²) >= 11 is 0. The summed E-state index contributed by atoms with van der Waals surface area (Å²) in [6.45, 7) is 14.9. The van der Waals surface area contributed by atoms with Gasteiger partial charge in [0.25, 0.3) is 5.91 Å². The smallest absolute Gasteiger partial charge is 0.410 e. The van der Waals surface area contributed by atoms with Crippen LogP contribution < -0.4 is 9.80 Å². The predicted molar refractivity (Wildman–Crippen MR) is 154 cm³/mol. The molecule has 4 rings (SSSR count). The van der Waals surface area contributed by atoms with E-state index in [4.69, 9.17) is 14.7 Å². The predicted octanol–water partition coefficient (Wildman–Crippen LogP) is 4.69. The second-order valence-electron chi connectivity index (χ2n) is 11.3. The Bertz CT molecular complexity index is 1410. The molecule has 0 aliphatic carbocycles. The zero-order valence-corrected chi connectivity index (χ0v) is 25.0. The number of rotatable bonds is 8. The first-order chi connectivity index (χ1) is 18.8. The van der Waals surface area contributed by atoms with E-state index in [9.17, 15) is 9.59 Å². The molecule has 0 atom stereocenters. The molecule has 3 aromatic rings. The van der Waals surface area contributed by atoms with Crippen molar-refractivity contribution in [1.82, 2.24) is 29.6 Å². The standard InChI is InChI=1S/C29H40N8O3/c1-10-23-32-33-26(36(23)11-2)21-13-12-14-24(30-21)37-16-20-19(27(37)38)15-25(35(9)18(3)4)31-22(20)17-34(8)28(39)40-29(5,6)7/h12-15,18H,10-11,16-17H2,1-9H3. The zero-order chi connectivity index (χ0) is 29.4. The van der Waals surface area contributed by atoms with Crippen LogP contribution in [0.25, 0.3) is 11.5 Å². The van der Waals surface area contributed by atoms with Gasteiger partial charge in [-0.15, -0.1) is 10.2 Å². The van der Waals surface area contributed by atoms with Crippen LogP contribution in [0.2, 0.25) is 0 Å². The monoisotopic (exact) mass is 548 g/mol. The summed E-state index contributed by atoms with van der Waals surface area (Å²) in [5.41, 5.74) is 2.02. The largest absolute Gasteiger partial charge is 0.444 e. The molecule has 0 fully saturated rings. The molecule has 1 aliphatic heterocycles. The number of hydrogen-bond acceptors (Lipinski definition) is 8. The molecule has 0 bridgehead atoms. The van der Waals surface area contributed by atoms with Gasteiger partial charge in [0.15, 0.2) is 5.82 Å². The van der Waals surface area contributed by atoms with Crippen LogP contribution in [-0.4, -0.2) is 67.4 Å². The highest BCUT2D eigenvalue weighted by Gasteiger charge is 2.34. The van der Waals surface area contributed by atoms with Crippen LogP contribution in [0.5, 0.6) is 0 Å². The number of carbonyl (C=O) groups excluding carboxylic acids is 2. The van der Waals surface area contributed by atoms with Crippen molar-refractivity contribution in [2.24, 2.45) is 0 Å². The number of nitrogens with zero attached hydrogens (tertiary/aromatic N) is 8. The Balaban J connectivity index is 1.71. The molecule has 0 aromatic carbocycles. The van der Waals surface area contributed by atoms with E-state index >= 15 is 0 Å². The Labute approximate surface area is 236 Å². The summed E-state index contributed by atoms with van der Waals surface area (Å²) in [6.07, 6.45) is 0.314. The van der Waals surface area contributed by atoms with E-state index in [1.807, 2.05) is 75.4 Å². The Morgan fingerprint density at radius 2 is 1.85 bits per heavy atom. The first kappa shape index (κ1) is 29.0. The maximum Gasteiger partial charge on any atom is 0.410 e. The molecule has 11 heteroatoms. The van der Waals surface area contributed by atoms with Gasteiger partial charge in [-0.3, -0.25) is 9.69 Å². The van der Waals surface area contributed by atoms with Crippen molar-refractivity contribution >= 4 is 23.6 Å². The summed E-state index contributed by atoms with van der Waals surface area (Å²) in [4.78, 5) is 41.5. The lowest BCUT2D eigenvalue weighted by atomic mass is 10.1. The van der Waals surface area contributed by atoms with Gasteiger partial charge >= 0.3 is 6.09 Å². The second-order valence-corrected chi connectivity index (χ2v) is 11.3. The third-order valence-corrected chi connectivity index (χ3v) is 6.92. The fourth-order valence-corrected chi connectivity index (χ4v) is 4.56. The Morgan fingerprint density at radius 1 is 1.12 bits per heavy atom. The Morgan fingerprint density at radius 3 is 2.48 bits per heavy atom. The number of fused-ring (bicyclic) bond motifs is 1. The van der Waals surface area contributed by atoms with Gasteiger partial charge in [0.2, 0.25) is 0 Å². The lowest BCUT2D eigenvalue weighted by Gasteiger charge is -2.26. The molecule has 3 aromatic heterocycles. The van der Waals surface area contributed by atoms with Gasteiger partial charge in [-0.2, -0.15) is 0 Å². The van der Waals surface area contributed by atoms with E-state index in [2.05, 4.69) is 24.0 Å². The fourth-order valence-electron chi connectivity index (χ4n) is 4.56. The lowest BCUT2D eigenvalue weighted by Crippen LogP contribution is -2.34. The van der Waals surface area contributed by atoms with Gasteiger partial charge in [0, 0.05) is 38.7 Å². The number of carbonyl (C=O) groups is 2. The van der Waals surface area contributed by atoms with E-state index in [1.165, 1.54) is 4.90 Å². The second kappa shape index (κ2) is 11.2. The minimum Gasteiger partial charge on any atom is -0.444 e. The molecular formula is C29H40N8O3. The molecule has 0 saturated heterocycles. The number of amides is 2. The highest BCUT2D eigenvalue weighted by atomic mass is 16.6. The third-order valence-electron chi connectivity index (χ3n) is 6.92. The first-order valence-corrected chi connectivity index (χ1v) is 13.8. The zero-order valence-electron chi connectivity index (χ0n) is 25.0. The summed E-state index contributed by atoms with van der Waals surface area (Å²) in [6, 6.07) is 7.57. The van der Waals surface area contributed by atoms with Crippen molar-refractivity contribution in [3.8, 4) is 11.5 Å². The summed E-state index contributed by atoms with van der Waals surface area (Å²) in [5, 5.41) is 8.68. The molecule has 214 valence electrons. The maximum atomic E-state index is 13.8. The normalized spacial score (nSPS) is 13.2. The molecular weight excluding hydrogens is 508 g/mol. The number of ether oxygens (including phenoxy) is 1. The number of aryl methyl sites for hydroxylation is 1. The maximum absolute atomic E-state index is 13.8. The van der Waals surface area contributed by atoms with E-state index in [-0.39, 0.29) is 18.5 Å². The topological polar surface area (TPSA) is 110 Å². The molecule has 0 saturated carbocycles. The Kier molecular flexibility index (Phi) is 8.13. The minimum absolute atomic E-state index is 0.159. The number of hydrogen-bond donors (Lipinski definition) is 0. The number of pyridine rings is 2. The molecule has 11 nitrogen and oxygen atoms in total. The van der Waals surface area contributed by atoms with Gasteiger partial charge < -0.3 is 19.1 Å². The summed E-state index contributed by atoms with van der Waals surface area (Å²) in [5.74, 6) is 2.59. The van der Waals surface area contributed by atoms with Crippen LogP contribution in [0.1, 0.15) is 75.9 Å². The highest BCUT2D eigenvalue weighted by molar-refractivity contribution is 6.10. The van der Waals surface area contributed by atoms with Crippen molar-refractivity contribution in [2.45, 2.75) is 86.2 Å². The first-order valence-electron chi connectivity index (χ1n) is 13.8. The van der Waals surface area contributed by atoms with Gasteiger partial charge in [-0.25, -0.2) is 14.8 Å². The summed E-state index contributed by atoms with van der Waals surface area (Å²) in [7, 11) is 3.62. The SMILES string of the molecule is CCc1nnc(-c2cccc(N3Cc4c(cc(N(C)C(C)C)nc4CN(C)C(=O)OC(C)(C)C)C3=O)n2)n1CC. The van der Waals surface area contributed by atoms with E-state index < -0.39 is 11.7 Å². The van der Waals surface area contributed by atoms with Crippen LogP contribution in [0.4, 0.5) is 16.4 Å². The summed E-state index contributed by atoms with van der Waals surface area (Å²) < 4.78 is 7.59. The van der Waals surface area contributed by atoms with Crippen LogP contribution in [0.15, 0.2) is 24.3 Å². The van der Waals surface area contributed by atoms with E-state index in [0.717, 1.165) is 24.4 Å². The average Bonchev–Trinajstić information content (AvgIpc) is 3.48. The van der Waals surface area contributed by atoms with Gasteiger partial charge in [-0.1, -0.05) is 13.0 Å². The van der Waals surface area contributed by atoms with Crippen LogP contribution in [0.3, 0.4) is 0 Å². The van der Waals surface area contributed by atoms with Gasteiger partial charge in [0.05, 0.1) is 24.3 Å². The van der Waals surface area contributed by atoms with Gasteiger partial charge in [0.1, 0.15) is 28.8 Å². The molecule has 4 heterocycles. The van der Waals surface area contributed by atoms with Crippen LogP contribution in [0, 0.1) is 0 Å². The molecule has 0 unspecified atom stereocenters. The van der Waals surface area contributed by atoms with Crippen molar-refractivity contribution in [3.05, 3.63) is 46.9 Å². The Hall–Kier alpha value is -4.02. The van der Waals surface area contributed by atoms with Crippen LogP contribution in [-0.2, 0) is 30.8 Å². The van der Waals surface area contributed by atoms with Crippen LogP contribution >= 0.6 is 0 Å². The molecule has 40 heavy (non-hydrogen) atoms. The molecule has 0 N–H and O–H groups in total. The quantitative estimate of drug-likeness (QED) is 0.399. The van der Waals surface area contributed by atoms with E-state index in [1.54, 1.807) is 11.9 Å². The molecule has 0 radical (unpaired) electrons. The van der Waals surface area contributed by atoms with Crippen molar-refractivity contribution in [3.63, 3.8) is 0 Å². The van der Waals surface area contributed by atoms with Crippen molar-refractivity contribution in [2.75, 3.05) is 23.9 Å². The minimum atomic E-state index is -0.621. The van der Waals surface area contributed by atoms with E-state index in [0.29, 0.717) is 41.0 Å². The van der Waals surface area contributed by atoms with Crippen molar-refractivity contribution in [1.29, 1.82) is 0 Å². The highest BCUT2D eigenvalue weighted by Crippen LogP contribution is 2.33. The third kappa shape index (κ3) is 5.78. The van der Waals surface area contributed by atoms with Gasteiger partial charge in [-0.05, 0) is 59.7 Å². The number of anilines is 2.